The van der Waals surface area contributed by atoms with Crippen molar-refractivity contribution in [3.8, 4) is 11.8 Å². The summed E-state index contributed by atoms with van der Waals surface area (Å²) in [5.41, 5.74) is 1.26. The third-order valence-electron chi connectivity index (χ3n) is 2.88. The van der Waals surface area contributed by atoms with Crippen molar-refractivity contribution in [3.63, 3.8) is 0 Å². The Morgan fingerprint density at radius 3 is 2.56 bits per heavy atom. The van der Waals surface area contributed by atoms with Crippen molar-refractivity contribution in [2.45, 2.75) is 27.2 Å². The van der Waals surface area contributed by atoms with Crippen molar-refractivity contribution in [1.29, 1.82) is 5.26 Å². The van der Waals surface area contributed by atoms with Gasteiger partial charge in [-0.05, 0) is 44.4 Å². The Bertz CT molecular complexity index is 513. The van der Waals surface area contributed by atoms with E-state index >= 15 is 0 Å². The predicted molar refractivity (Wildman–Crippen MR) is 67.6 cm³/mol. The van der Waals surface area contributed by atoms with Gasteiger partial charge in [0.2, 0.25) is 0 Å². The molecule has 18 heavy (non-hydrogen) atoms. The lowest BCUT2D eigenvalue weighted by molar-refractivity contribution is -0.146. The van der Waals surface area contributed by atoms with Gasteiger partial charge in [0.25, 0.3) is 0 Å². The van der Waals surface area contributed by atoms with E-state index in [0.717, 1.165) is 11.1 Å². The average Bonchev–Trinajstić information content (AvgIpc) is 2.27. The molecule has 0 aliphatic carbocycles. The Kier molecular flexibility index (Phi) is 3.97. The quantitative estimate of drug-likeness (QED) is 0.887. The number of aryl methyl sites for hydroxylation is 1. The monoisotopic (exact) mass is 247 g/mol. The fourth-order valence-corrected chi connectivity index (χ4v) is 1.89. The zero-order valence-electron chi connectivity index (χ0n) is 11.1. The molecule has 1 aromatic rings. The molecule has 0 heterocycles. The summed E-state index contributed by atoms with van der Waals surface area (Å²) in [5.74, 6) is -0.302. The van der Waals surface area contributed by atoms with Crippen molar-refractivity contribution in [2.75, 3.05) is 7.11 Å². The zero-order valence-corrected chi connectivity index (χ0v) is 11.1. The second-order valence-corrected chi connectivity index (χ2v) is 4.97. The van der Waals surface area contributed by atoms with E-state index < -0.39 is 11.4 Å². The number of methoxy groups -OCH3 is 1. The highest BCUT2D eigenvalue weighted by molar-refractivity contribution is 5.74. The average molecular weight is 247 g/mol. The summed E-state index contributed by atoms with van der Waals surface area (Å²) in [6.07, 6.45) is 0.377. The third kappa shape index (κ3) is 2.80. The lowest BCUT2D eigenvalue weighted by Gasteiger charge is -2.20. The first-order chi connectivity index (χ1) is 8.31. The molecule has 0 spiro atoms. The van der Waals surface area contributed by atoms with Crippen LogP contribution in [0.5, 0.6) is 5.75 Å². The van der Waals surface area contributed by atoms with E-state index in [4.69, 9.17) is 15.1 Å². The SMILES string of the molecule is COc1c(C)cc(CC(C)(C)C(=O)O)cc1C#N. The van der Waals surface area contributed by atoms with Crippen molar-refractivity contribution in [3.05, 3.63) is 28.8 Å². The van der Waals surface area contributed by atoms with Gasteiger partial charge in [-0.15, -0.1) is 0 Å². The van der Waals surface area contributed by atoms with Crippen LogP contribution in [-0.2, 0) is 11.2 Å². The van der Waals surface area contributed by atoms with Crippen LogP contribution in [-0.4, -0.2) is 18.2 Å². The van der Waals surface area contributed by atoms with E-state index in [9.17, 15) is 4.79 Å². The molecule has 1 aromatic carbocycles. The van der Waals surface area contributed by atoms with E-state index in [2.05, 4.69) is 6.07 Å². The standard InChI is InChI=1S/C14H17NO3/c1-9-5-10(7-14(2,3)13(16)17)6-11(8-15)12(9)18-4/h5-6H,7H2,1-4H3,(H,16,17). The number of hydrogen-bond donors (Lipinski definition) is 1. The van der Waals surface area contributed by atoms with E-state index in [1.54, 1.807) is 19.9 Å². The van der Waals surface area contributed by atoms with E-state index in [-0.39, 0.29) is 0 Å². The second kappa shape index (κ2) is 5.09. The van der Waals surface area contributed by atoms with Crippen molar-refractivity contribution < 1.29 is 14.6 Å². The first-order valence-corrected chi connectivity index (χ1v) is 5.63. The lowest BCUT2D eigenvalue weighted by Crippen LogP contribution is -2.26. The molecule has 96 valence electrons. The molecule has 1 rings (SSSR count). The highest BCUT2D eigenvalue weighted by Crippen LogP contribution is 2.28. The van der Waals surface area contributed by atoms with Crippen LogP contribution in [0.15, 0.2) is 12.1 Å². The maximum atomic E-state index is 11.1. The number of nitriles is 1. The smallest absolute Gasteiger partial charge is 0.309 e. The van der Waals surface area contributed by atoms with Crippen molar-refractivity contribution in [2.24, 2.45) is 5.41 Å². The molecule has 0 unspecified atom stereocenters. The highest BCUT2D eigenvalue weighted by Gasteiger charge is 2.27. The van der Waals surface area contributed by atoms with E-state index in [1.165, 1.54) is 7.11 Å². The fraction of sp³-hybridized carbons (Fsp3) is 0.429. The molecule has 0 saturated heterocycles. The Morgan fingerprint density at radius 2 is 2.11 bits per heavy atom. The Hall–Kier alpha value is -2.02. The number of hydrogen-bond acceptors (Lipinski definition) is 3. The Balaban J connectivity index is 3.18. The number of nitrogens with zero attached hydrogens (tertiary/aromatic N) is 1. The van der Waals surface area contributed by atoms with Crippen LogP contribution in [0.25, 0.3) is 0 Å². The van der Waals surface area contributed by atoms with Gasteiger partial charge in [-0.3, -0.25) is 4.79 Å². The molecular weight excluding hydrogens is 230 g/mol. The van der Waals surface area contributed by atoms with Gasteiger partial charge in [0.15, 0.2) is 0 Å². The Labute approximate surface area is 107 Å². The van der Waals surface area contributed by atoms with Crippen LogP contribution in [0.1, 0.15) is 30.5 Å². The number of carboxylic acid groups (broad SMARTS) is 1. The molecule has 0 saturated carbocycles. The molecule has 1 N–H and O–H groups in total. The number of rotatable bonds is 4. The van der Waals surface area contributed by atoms with Crippen LogP contribution in [0.2, 0.25) is 0 Å². The number of ether oxygens (including phenoxy) is 1. The molecule has 4 nitrogen and oxygen atoms in total. The minimum Gasteiger partial charge on any atom is -0.495 e. The van der Waals surface area contributed by atoms with E-state index in [1.807, 2.05) is 13.0 Å². The lowest BCUT2D eigenvalue weighted by atomic mass is 9.85. The van der Waals surface area contributed by atoms with Crippen LogP contribution in [0.3, 0.4) is 0 Å². The normalized spacial score (nSPS) is 10.8. The van der Waals surface area contributed by atoms with Crippen molar-refractivity contribution >= 4 is 5.97 Å². The highest BCUT2D eigenvalue weighted by atomic mass is 16.5. The Morgan fingerprint density at radius 1 is 1.50 bits per heavy atom. The molecule has 0 radical (unpaired) electrons. The molecule has 0 aromatic heterocycles. The van der Waals surface area contributed by atoms with E-state index in [0.29, 0.717) is 17.7 Å². The number of aliphatic carboxylic acids is 1. The van der Waals surface area contributed by atoms with Crippen LogP contribution >= 0.6 is 0 Å². The first kappa shape index (κ1) is 14.0. The largest absolute Gasteiger partial charge is 0.495 e. The maximum Gasteiger partial charge on any atom is 0.309 e. The van der Waals surface area contributed by atoms with Gasteiger partial charge in [-0.1, -0.05) is 6.07 Å². The van der Waals surface area contributed by atoms with Gasteiger partial charge in [0.1, 0.15) is 11.8 Å². The summed E-state index contributed by atoms with van der Waals surface area (Å²) in [6, 6.07) is 5.63. The van der Waals surface area contributed by atoms with Gasteiger partial charge in [-0.2, -0.15) is 5.26 Å². The topological polar surface area (TPSA) is 70.3 Å². The minimum atomic E-state index is -0.853. The molecule has 0 fully saturated rings. The van der Waals surface area contributed by atoms with Crippen molar-refractivity contribution in [1.82, 2.24) is 0 Å². The molecular formula is C14H17NO3. The van der Waals surface area contributed by atoms with Gasteiger partial charge in [-0.25, -0.2) is 0 Å². The van der Waals surface area contributed by atoms with Gasteiger partial charge in [0, 0.05) is 0 Å². The number of benzene rings is 1. The summed E-state index contributed by atoms with van der Waals surface area (Å²) in [4.78, 5) is 11.1. The summed E-state index contributed by atoms with van der Waals surface area (Å²) in [7, 11) is 1.52. The van der Waals surface area contributed by atoms with Gasteiger partial charge >= 0.3 is 5.97 Å². The molecule has 0 amide bonds. The first-order valence-electron chi connectivity index (χ1n) is 5.63. The second-order valence-electron chi connectivity index (χ2n) is 4.97. The molecule has 0 aliphatic rings. The predicted octanol–water partition coefficient (Wildman–Crippen LogP) is 2.53. The van der Waals surface area contributed by atoms with Crippen LogP contribution in [0.4, 0.5) is 0 Å². The van der Waals surface area contributed by atoms with Gasteiger partial charge in [0.05, 0.1) is 18.1 Å². The third-order valence-corrected chi connectivity index (χ3v) is 2.88. The minimum absolute atomic E-state index is 0.377. The number of carboxylic acids is 1. The summed E-state index contributed by atoms with van der Waals surface area (Å²) in [6.45, 7) is 5.18. The van der Waals surface area contributed by atoms with Crippen LogP contribution < -0.4 is 4.74 Å². The zero-order chi connectivity index (χ0) is 13.9. The maximum absolute atomic E-state index is 11.1. The van der Waals surface area contributed by atoms with Gasteiger partial charge < -0.3 is 9.84 Å². The summed E-state index contributed by atoms with van der Waals surface area (Å²) >= 11 is 0. The molecule has 0 atom stereocenters. The summed E-state index contributed by atoms with van der Waals surface area (Å²) < 4.78 is 5.16. The molecule has 0 bridgehead atoms. The number of carbonyl (C=O) groups is 1. The fourth-order valence-electron chi connectivity index (χ4n) is 1.89. The molecule has 0 aliphatic heterocycles. The van der Waals surface area contributed by atoms with Crippen LogP contribution in [0, 0.1) is 23.7 Å². The summed E-state index contributed by atoms with van der Waals surface area (Å²) in [5, 5.41) is 18.2. The molecule has 4 heteroatoms.